The number of hydrogen-bond acceptors (Lipinski definition) is 4. The molecule has 1 unspecified atom stereocenters. The summed E-state index contributed by atoms with van der Waals surface area (Å²) in [6.45, 7) is 8.04. The van der Waals surface area contributed by atoms with Crippen LogP contribution < -0.4 is 5.32 Å². The largest absolute Gasteiger partial charge is 0.303 e. The van der Waals surface area contributed by atoms with E-state index < -0.39 is 0 Å². The number of nitriles is 1. The van der Waals surface area contributed by atoms with Crippen molar-refractivity contribution in [2.24, 2.45) is 5.11 Å². The topological polar surface area (TPSA) is 87.8 Å². The van der Waals surface area contributed by atoms with Crippen LogP contribution in [-0.2, 0) is 0 Å². The maximum atomic E-state index is 8.72. The third-order valence-electron chi connectivity index (χ3n) is 2.20. The van der Waals surface area contributed by atoms with Crippen LogP contribution in [0.3, 0.4) is 0 Å². The summed E-state index contributed by atoms with van der Waals surface area (Å²) in [5.41, 5.74) is 8.11. The van der Waals surface area contributed by atoms with Crippen LogP contribution in [0.15, 0.2) is 5.11 Å². The van der Waals surface area contributed by atoms with Gasteiger partial charge in [0.15, 0.2) is 0 Å². The van der Waals surface area contributed by atoms with Crippen LogP contribution in [0.25, 0.3) is 10.4 Å². The van der Waals surface area contributed by atoms with Crippen LogP contribution in [0.5, 0.6) is 0 Å². The lowest BCUT2D eigenvalue weighted by molar-refractivity contribution is 0.300. The molecule has 0 radical (unpaired) electrons. The highest BCUT2D eigenvalue weighted by atomic mass is 15.2. The molecular formula is C9H18N6. The molecule has 0 aromatic rings. The highest BCUT2D eigenvalue weighted by Gasteiger charge is 2.05. The van der Waals surface area contributed by atoms with Gasteiger partial charge in [-0.2, -0.15) is 5.26 Å². The molecule has 0 rings (SSSR count). The summed E-state index contributed by atoms with van der Waals surface area (Å²) in [5, 5.41) is 15.1. The van der Waals surface area contributed by atoms with Crippen molar-refractivity contribution in [3.8, 4) is 6.07 Å². The van der Waals surface area contributed by atoms with E-state index in [1.807, 2.05) is 0 Å². The summed E-state index contributed by atoms with van der Waals surface area (Å²) in [7, 11) is 0. The second-order valence-electron chi connectivity index (χ2n) is 3.08. The fourth-order valence-electron chi connectivity index (χ4n) is 1.21. The van der Waals surface area contributed by atoms with Crippen LogP contribution in [0, 0.1) is 11.3 Å². The predicted octanol–water partition coefficient (Wildman–Crippen LogP) is 1.12. The van der Waals surface area contributed by atoms with Crippen molar-refractivity contribution in [1.29, 1.82) is 5.26 Å². The van der Waals surface area contributed by atoms with E-state index in [0.717, 1.165) is 26.2 Å². The molecule has 0 bridgehead atoms. The minimum Gasteiger partial charge on any atom is -0.303 e. The molecule has 0 aromatic heterocycles. The molecule has 15 heavy (non-hydrogen) atoms. The van der Waals surface area contributed by atoms with Crippen molar-refractivity contribution in [3.05, 3.63) is 10.4 Å². The van der Waals surface area contributed by atoms with E-state index in [1.54, 1.807) is 0 Å². The van der Waals surface area contributed by atoms with E-state index in [9.17, 15) is 0 Å². The maximum Gasteiger partial charge on any atom is 0.101 e. The number of nitrogens with zero attached hydrogens (tertiary/aromatic N) is 5. The third-order valence-corrected chi connectivity index (χ3v) is 2.20. The zero-order valence-electron chi connectivity index (χ0n) is 9.35. The van der Waals surface area contributed by atoms with Crippen molar-refractivity contribution in [2.45, 2.75) is 19.9 Å². The Hall–Kier alpha value is -1.28. The van der Waals surface area contributed by atoms with Gasteiger partial charge in [-0.3, -0.25) is 0 Å². The summed E-state index contributed by atoms with van der Waals surface area (Å²) >= 11 is 0. The Balaban J connectivity index is 3.72. The monoisotopic (exact) mass is 210 g/mol. The number of likely N-dealkylation sites (N-methyl/N-ethyl adjacent to an activating group) is 1. The standard InChI is InChI=1S/C9H18N6/c1-3-15(4-2)6-5-12-9(7-10)8-13-14-11/h9,12H,3-6,8H2,1-2H3. The molecule has 1 atom stereocenters. The van der Waals surface area contributed by atoms with Gasteiger partial charge in [0, 0.05) is 18.0 Å². The average Bonchev–Trinajstić information content (AvgIpc) is 2.28. The fourth-order valence-corrected chi connectivity index (χ4v) is 1.21. The second-order valence-corrected chi connectivity index (χ2v) is 3.08. The molecule has 0 aliphatic carbocycles. The first kappa shape index (κ1) is 13.7. The molecule has 0 aliphatic rings. The molecule has 1 N–H and O–H groups in total. The van der Waals surface area contributed by atoms with E-state index in [-0.39, 0.29) is 12.6 Å². The van der Waals surface area contributed by atoms with Crippen LogP contribution in [-0.4, -0.2) is 43.7 Å². The molecule has 0 fully saturated rings. The van der Waals surface area contributed by atoms with Gasteiger partial charge in [0.1, 0.15) is 6.04 Å². The quantitative estimate of drug-likeness (QED) is 0.370. The van der Waals surface area contributed by atoms with Crippen LogP contribution in [0.2, 0.25) is 0 Å². The van der Waals surface area contributed by atoms with Crippen LogP contribution >= 0.6 is 0 Å². The maximum absolute atomic E-state index is 8.72. The first-order valence-electron chi connectivity index (χ1n) is 5.14. The highest BCUT2D eigenvalue weighted by Crippen LogP contribution is 1.87. The first-order valence-corrected chi connectivity index (χ1v) is 5.14. The molecular weight excluding hydrogens is 192 g/mol. The Morgan fingerprint density at radius 2 is 2.20 bits per heavy atom. The Kier molecular flexibility index (Phi) is 8.49. The van der Waals surface area contributed by atoms with Gasteiger partial charge in [0.2, 0.25) is 0 Å². The van der Waals surface area contributed by atoms with Crippen molar-refractivity contribution in [2.75, 3.05) is 32.7 Å². The van der Waals surface area contributed by atoms with E-state index in [0.29, 0.717) is 0 Å². The van der Waals surface area contributed by atoms with E-state index in [4.69, 9.17) is 10.8 Å². The molecule has 0 aliphatic heterocycles. The van der Waals surface area contributed by atoms with Gasteiger partial charge < -0.3 is 10.2 Å². The molecule has 0 aromatic carbocycles. The SMILES string of the molecule is CCN(CC)CCNC(C#N)CN=[N+]=[N-]. The Bertz CT molecular complexity index is 235. The van der Waals surface area contributed by atoms with Gasteiger partial charge in [-0.15, -0.1) is 0 Å². The Morgan fingerprint density at radius 3 is 2.67 bits per heavy atom. The van der Waals surface area contributed by atoms with E-state index in [1.165, 1.54) is 0 Å². The number of azide groups is 1. The molecule has 6 nitrogen and oxygen atoms in total. The lowest BCUT2D eigenvalue weighted by atomic mass is 10.3. The van der Waals surface area contributed by atoms with Gasteiger partial charge in [0.05, 0.1) is 12.6 Å². The van der Waals surface area contributed by atoms with Crippen molar-refractivity contribution in [1.82, 2.24) is 10.2 Å². The van der Waals surface area contributed by atoms with Gasteiger partial charge in [-0.25, -0.2) is 0 Å². The molecule has 6 heteroatoms. The van der Waals surface area contributed by atoms with Gasteiger partial charge >= 0.3 is 0 Å². The Morgan fingerprint density at radius 1 is 1.53 bits per heavy atom. The van der Waals surface area contributed by atoms with Crippen LogP contribution in [0.1, 0.15) is 13.8 Å². The normalized spacial score (nSPS) is 11.9. The van der Waals surface area contributed by atoms with Crippen molar-refractivity contribution in [3.63, 3.8) is 0 Å². The zero-order valence-corrected chi connectivity index (χ0v) is 9.35. The van der Waals surface area contributed by atoms with E-state index >= 15 is 0 Å². The third kappa shape index (κ3) is 6.75. The van der Waals surface area contributed by atoms with Gasteiger partial charge in [0.25, 0.3) is 0 Å². The summed E-state index contributed by atoms with van der Waals surface area (Å²) in [4.78, 5) is 4.88. The predicted molar refractivity (Wildman–Crippen MR) is 59.2 cm³/mol. The van der Waals surface area contributed by atoms with E-state index in [2.05, 4.69) is 40.2 Å². The zero-order chi connectivity index (χ0) is 11.5. The molecule has 0 amide bonds. The van der Waals surface area contributed by atoms with Crippen molar-refractivity contribution >= 4 is 0 Å². The lowest BCUT2D eigenvalue weighted by Crippen LogP contribution is -2.37. The molecule has 0 saturated carbocycles. The first-order chi connectivity index (χ1) is 7.28. The fraction of sp³-hybridized carbons (Fsp3) is 0.889. The van der Waals surface area contributed by atoms with Gasteiger partial charge in [-0.05, 0) is 18.6 Å². The smallest absolute Gasteiger partial charge is 0.101 e. The summed E-state index contributed by atoms with van der Waals surface area (Å²) in [6, 6.07) is 1.67. The summed E-state index contributed by atoms with van der Waals surface area (Å²) in [6.07, 6.45) is 0. The van der Waals surface area contributed by atoms with Crippen molar-refractivity contribution < 1.29 is 0 Å². The minimum absolute atomic E-state index is 0.186. The summed E-state index contributed by atoms with van der Waals surface area (Å²) in [5.74, 6) is 0. The number of hydrogen-bond donors (Lipinski definition) is 1. The highest BCUT2D eigenvalue weighted by molar-refractivity contribution is 4.91. The lowest BCUT2D eigenvalue weighted by Gasteiger charge is -2.18. The minimum atomic E-state index is -0.378. The second kappa shape index (κ2) is 9.28. The average molecular weight is 210 g/mol. The molecule has 0 saturated heterocycles. The van der Waals surface area contributed by atoms with Crippen LogP contribution in [0.4, 0.5) is 0 Å². The molecule has 84 valence electrons. The number of nitrogens with one attached hydrogen (secondary N) is 1. The number of rotatable bonds is 8. The van der Waals surface area contributed by atoms with Gasteiger partial charge in [-0.1, -0.05) is 19.0 Å². The molecule has 0 spiro atoms. The Labute approximate surface area is 90.5 Å². The summed E-state index contributed by atoms with van der Waals surface area (Å²) < 4.78 is 0. The molecule has 0 heterocycles.